The lowest BCUT2D eigenvalue weighted by molar-refractivity contribution is 0.132. The van der Waals surface area contributed by atoms with Gasteiger partial charge >= 0.3 is 0 Å². The van der Waals surface area contributed by atoms with Gasteiger partial charge in [0.1, 0.15) is 0 Å². The molecule has 0 spiro atoms. The SMILES string of the molecule is CCC(C)(C)NCCC(CO)C1CCOC1. The van der Waals surface area contributed by atoms with E-state index >= 15 is 0 Å². The molecule has 0 aromatic carbocycles. The summed E-state index contributed by atoms with van der Waals surface area (Å²) in [5.41, 5.74) is 0.214. The summed E-state index contributed by atoms with van der Waals surface area (Å²) >= 11 is 0. The molecule has 1 saturated heterocycles. The molecule has 0 aromatic rings. The molecule has 0 bridgehead atoms. The Labute approximate surface area is 99.6 Å². The van der Waals surface area contributed by atoms with E-state index in [9.17, 15) is 5.11 Å². The number of hydrogen-bond acceptors (Lipinski definition) is 3. The number of rotatable bonds is 7. The predicted molar refractivity (Wildman–Crippen MR) is 66.5 cm³/mol. The van der Waals surface area contributed by atoms with Crippen molar-refractivity contribution in [1.29, 1.82) is 0 Å². The highest BCUT2D eigenvalue weighted by atomic mass is 16.5. The zero-order valence-corrected chi connectivity index (χ0v) is 11.0. The van der Waals surface area contributed by atoms with E-state index in [-0.39, 0.29) is 5.54 Å². The van der Waals surface area contributed by atoms with Gasteiger partial charge in [-0.2, -0.15) is 0 Å². The quantitative estimate of drug-likeness (QED) is 0.699. The molecule has 96 valence electrons. The zero-order chi connectivity index (χ0) is 12.0. The van der Waals surface area contributed by atoms with Crippen LogP contribution in [-0.4, -0.2) is 37.0 Å². The van der Waals surface area contributed by atoms with Gasteiger partial charge in [0.25, 0.3) is 0 Å². The van der Waals surface area contributed by atoms with E-state index in [1.54, 1.807) is 0 Å². The Kier molecular flexibility index (Phi) is 5.73. The molecule has 0 amide bonds. The van der Waals surface area contributed by atoms with Crippen LogP contribution in [0.2, 0.25) is 0 Å². The van der Waals surface area contributed by atoms with Gasteiger partial charge in [-0.1, -0.05) is 6.92 Å². The Morgan fingerprint density at radius 2 is 2.25 bits per heavy atom. The molecule has 2 N–H and O–H groups in total. The predicted octanol–water partition coefficient (Wildman–Crippen LogP) is 1.80. The Bertz CT molecular complexity index is 188. The zero-order valence-electron chi connectivity index (χ0n) is 11.0. The monoisotopic (exact) mass is 229 g/mol. The van der Waals surface area contributed by atoms with Crippen molar-refractivity contribution in [3.8, 4) is 0 Å². The van der Waals surface area contributed by atoms with E-state index in [2.05, 4.69) is 26.1 Å². The van der Waals surface area contributed by atoms with Crippen LogP contribution in [0.15, 0.2) is 0 Å². The standard InChI is InChI=1S/C13H27NO2/c1-4-13(2,3)14-7-5-11(9-15)12-6-8-16-10-12/h11-12,14-15H,4-10H2,1-3H3. The molecule has 0 saturated carbocycles. The molecule has 16 heavy (non-hydrogen) atoms. The van der Waals surface area contributed by atoms with Gasteiger partial charge in [0.2, 0.25) is 0 Å². The molecule has 2 atom stereocenters. The fourth-order valence-corrected chi connectivity index (χ4v) is 2.12. The number of ether oxygens (including phenoxy) is 1. The second-order valence-electron chi connectivity index (χ2n) is 5.52. The van der Waals surface area contributed by atoms with Crippen molar-refractivity contribution in [1.82, 2.24) is 5.32 Å². The summed E-state index contributed by atoms with van der Waals surface area (Å²) in [6, 6.07) is 0. The third-order valence-electron chi connectivity index (χ3n) is 3.87. The maximum Gasteiger partial charge on any atom is 0.0498 e. The highest BCUT2D eigenvalue weighted by molar-refractivity contribution is 4.78. The van der Waals surface area contributed by atoms with Crippen molar-refractivity contribution >= 4 is 0 Å². The van der Waals surface area contributed by atoms with Crippen molar-refractivity contribution in [2.24, 2.45) is 11.8 Å². The number of aliphatic hydroxyl groups excluding tert-OH is 1. The minimum Gasteiger partial charge on any atom is -0.396 e. The van der Waals surface area contributed by atoms with Gasteiger partial charge in [-0.15, -0.1) is 0 Å². The maximum atomic E-state index is 9.39. The molecule has 0 aromatic heterocycles. The van der Waals surface area contributed by atoms with E-state index in [1.165, 1.54) is 0 Å². The highest BCUT2D eigenvalue weighted by Gasteiger charge is 2.25. The summed E-state index contributed by atoms with van der Waals surface area (Å²) in [6.45, 7) is 9.63. The summed E-state index contributed by atoms with van der Waals surface area (Å²) in [4.78, 5) is 0. The Hall–Kier alpha value is -0.120. The van der Waals surface area contributed by atoms with Gasteiger partial charge in [0, 0.05) is 25.4 Å². The smallest absolute Gasteiger partial charge is 0.0498 e. The molecule has 3 nitrogen and oxygen atoms in total. The van der Waals surface area contributed by atoms with Gasteiger partial charge in [-0.3, -0.25) is 0 Å². The molecular weight excluding hydrogens is 202 g/mol. The molecule has 0 radical (unpaired) electrons. The van der Waals surface area contributed by atoms with Crippen molar-refractivity contribution in [3.05, 3.63) is 0 Å². The van der Waals surface area contributed by atoms with Crippen molar-refractivity contribution in [3.63, 3.8) is 0 Å². The fraction of sp³-hybridized carbons (Fsp3) is 1.00. The molecule has 1 fully saturated rings. The molecule has 2 unspecified atom stereocenters. The maximum absolute atomic E-state index is 9.39. The molecule has 1 aliphatic rings. The third-order valence-corrected chi connectivity index (χ3v) is 3.87. The van der Waals surface area contributed by atoms with Crippen LogP contribution in [-0.2, 0) is 4.74 Å². The van der Waals surface area contributed by atoms with Gasteiger partial charge < -0.3 is 15.2 Å². The van der Waals surface area contributed by atoms with Crippen LogP contribution >= 0.6 is 0 Å². The molecule has 1 heterocycles. The van der Waals surface area contributed by atoms with Crippen LogP contribution in [0, 0.1) is 11.8 Å². The Balaban J connectivity index is 2.23. The van der Waals surface area contributed by atoms with Crippen molar-refractivity contribution < 1.29 is 9.84 Å². The third kappa shape index (κ3) is 4.40. The average Bonchev–Trinajstić information content (AvgIpc) is 2.78. The number of aliphatic hydroxyl groups is 1. The van der Waals surface area contributed by atoms with Gasteiger partial charge in [-0.05, 0) is 51.5 Å². The van der Waals surface area contributed by atoms with Gasteiger partial charge in [-0.25, -0.2) is 0 Å². The van der Waals surface area contributed by atoms with Gasteiger partial charge in [0.05, 0.1) is 0 Å². The van der Waals surface area contributed by atoms with Crippen LogP contribution in [0.4, 0.5) is 0 Å². The summed E-state index contributed by atoms with van der Waals surface area (Å²) in [6.07, 6.45) is 3.29. The highest BCUT2D eigenvalue weighted by Crippen LogP contribution is 2.24. The number of hydrogen-bond donors (Lipinski definition) is 2. The second kappa shape index (κ2) is 6.58. The second-order valence-corrected chi connectivity index (χ2v) is 5.52. The fourth-order valence-electron chi connectivity index (χ4n) is 2.12. The Morgan fingerprint density at radius 3 is 2.75 bits per heavy atom. The first-order valence-electron chi connectivity index (χ1n) is 6.52. The lowest BCUT2D eigenvalue weighted by Gasteiger charge is -2.27. The van der Waals surface area contributed by atoms with Crippen LogP contribution in [0.3, 0.4) is 0 Å². The van der Waals surface area contributed by atoms with E-state index < -0.39 is 0 Å². The summed E-state index contributed by atoms with van der Waals surface area (Å²) in [7, 11) is 0. The summed E-state index contributed by atoms with van der Waals surface area (Å²) in [5.74, 6) is 0.971. The summed E-state index contributed by atoms with van der Waals surface area (Å²) in [5, 5.41) is 12.9. The van der Waals surface area contributed by atoms with E-state index in [1.807, 2.05) is 0 Å². The van der Waals surface area contributed by atoms with Crippen molar-refractivity contribution in [2.45, 2.75) is 45.6 Å². The average molecular weight is 229 g/mol. The first kappa shape index (κ1) is 13.9. The first-order valence-corrected chi connectivity index (χ1v) is 6.52. The van der Waals surface area contributed by atoms with Crippen LogP contribution < -0.4 is 5.32 Å². The van der Waals surface area contributed by atoms with Crippen LogP contribution in [0.5, 0.6) is 0 Å². The molecular formula is C13H27NO2. The Morgan fingerprint density at radius 1 is 1.50 bits per heavy atom. The number of nitrogens with one attached hydrogen (secondary N) is 1. The lowest BCUT2D eigenvalue weighted by atomic mass is 9.89. The minimum atomic E-state index is 0.214. The lowest BCUT2D eigenvalue weighted by Crippen LogP contribution is -2.40. The van der Waals surface area contributed by atoms with E-state index in [0.717, 1.165) is 39.0 Å². The van der Waals surface area contributed by atoms with E-state index in [4.69, 9.17) is 4.74 Å². The topological polar surface area (TPSA) is 41.5 Å². The molecule has 3 heteroatoms. The molecule has 1 rings (SSSR count). The molecule has 1 aliphatic heterocycles. The van der Waals surface area contributed by atoms with Crippen molar-refractivity contribution in [2.75, 3.05) is 26.4 Å². The largest absolute Gasteiger partial charge is 0.396 e. The van der Waals surface area contributed by atoms with E-state index in [0.29, 0.717) is 18.4 Å². The van der Waals surface area contributed by atoms with Gasteiger partial charge in [0.15, 0.2) is 0 Å². The normalized spacial score (nSPS) is 23.6. The minimum absolute atomic E-state index is 0.214. The molecule has 0 aliphatic carbocycles. The van der Waals surface area contributed by atoms with Crippen LogP contribution in [0.1, 0.15) is 40.0 Å². The summed E-state index contributed by atoms with van der Waals surface area (Å²) < 4.78 is 5.38. The first-order chi connectivity index (χ1) is 7.59. The van der Waals surface area contributed by atoms with Crippen LogP contribution in [0.25, 0.3) is 0 Å².